The van der Waals surface area contributed by atoms with Gasteiger partial charge in [0.2, 0.25) is 0 Å². The average molecular weight is 320 g/mol. The van der Waals surface area contributed by atoms with E-state index in [0.717, 1.165) is 5.56 Å². The molecule has 0 aliphatic rings. The Morgan fingerprint density at radius 1 is 0.913 bits per heavy atom. The van der Waals surface area contributed by atoms with Crippen LogP contribution >= 0.6 is 0 Å². The van der Waals surface area contributed by atoms with Crippen LogP contribution in [0, 0.1) is 0 Å². The normalized spacial score (nSPS) is 11.0. The van der Waals surface area contributed by atoms with Crippen molar-refractivity contribution >= 4 is 17.7 Å². The van der Waals surface area contributed by atoms with E-state index in [2.05, 4.69) is 0 Å². The van der Waals surface area contributed by atoms with E-state index in [-0.39, 0.29) is 11.2 Å². The summed E-state index contributed by atoms with van der Waals surface area (Å²) < 4.78 is 10.6. The van der Waals surface area contributed by atoms with Gasteiger partial charge in [0, 0.05) is 25.8 Å². The van der Waals surface area contributed by atoms with Crippen LogP contribution in [0.2, 0.25) is 0 Å². The van der Waals surface area contributed by atoms with Gasteiger partial charge in [0.05, 0.1) is 0 Å². The molecule has 0 aliphatic carbocycles. The topological polar surface area (TPSA) is 69.7 Å². The standard InChI is InChI=1S/C18H24O5/c1-11(19)7-8-14-9-17(23-13(3)21)15(18(4,5)6)10-16(14)22-12(2)20/h9-10H,7-8H2,1-6H3. The van der Waals surface area contributed by atoms with Gasteiger partial charge in [-0.05, 0) is 36.5 Å². The van der Waals surface area contributed by atoms with Gasteiger partial charge in [0.1, 0.15) is 17.3 Å². The smallest absolute Gasteiger partial charge is 0.308 e. The Morgan fingerprint density at radius 3 is 1.87 bits per heavy atom. The third kappa shape index (κ3) is 5.85. The van der Waals surface area contributed by atoms with E-state index in [1.165, 1.54) is 20.8 Å². The van der Waals surface area contributed by atoms with Crippen molar-refractivity contribution in [1.82, 2.24) is 0 Å². The Hall–Kier alpha value is -2.17. The van der Waals surface area contributed by atoms with E-state index in [1.54, 1.807) is 12.1 Å². The molecule has 0 unspecified atom stereocenters. The molecule has 0 atom stereocenters. The Bertz CT molecular complexity index is 623. The van der Waals surface area contributed by atoms with Crippen LogP contribution in [0.3, 0.4) is 0 Å². The van der Waals surface area contributed by atoms with Crippen LogP contribution in [0.15, 0.2) is 12.1 Å². The zero-order valence-electron chi connectivity index (χ0n) is 14.6. The van der Waals surface area contributed by atoms with Gasteiger partial charge >= 0.3 is 11.9 Å². The van der Waals surface area contributed by atoms with Crippen molar-refractivity contribution in [2.24, 2.45) is 0 Å². The molecule has 5 nitrogen and oxygen atoms in total. The number of aryl methyl sites for hydroxylation is 1. The average Bonchev–Trinajstić information content (AvgIpc) is 2.35. The van der Waals surface area contributed by atoms with E-state index in [0.29, 0.717) is 29.9 Å². The number of carbonyl (C=O) groups excluding carboxylic acids is 3. The molecule has 0 saturated carbocycles. The van der Waals surface area contributed by atoms with Gasteiger partial charge < -0.3 is 14.3 Å². The van der Waals surface area contributed by atoms with Crippen LogP contribution in [0.1, 0.15) is 59.1 Å². The minimum Gasteiger partial charge on any atom is -0.426 e. The fourth-order valence-electron chi connectivity index (χ4n) is 2.18. The second-order valence-corrected chi connectivity index (χ2v) is 6.60. The predicted molar refractivity (Wildman–Crippen MR) is 86.8 cm³/mol. The van der Waals surface area contributed by atoms with Gasteiger partial charge in [-0.15, -0.1) is 0 Å². The van der Waals surface area contributed by atoms with Crippen molar-refractivity contribution in [2.45, 2.75) is 59.8 Å². The summed E-state index contributed by atoms with van der Waals surface area (Å²) in [4.78, 5) is 34.0. The van der Waals surface area contributed by atoms with Crippen LogP contribution in [0.4, 0.5) is 0 Å². The first-order valence-corrected chi connectivity index (χ1v) is 7.54. The van der Waals surface area contributed by atoms with Crippen molar-refractivity contribution in [2.75, 3.05) is 0 Å². The molecule has 126 valence electrons. The Balaban J connectivity index is 3.43. The third-order valence-corrected chi connectivity index (χ3v) is 3.22. The third-order valence-electron chi connectivity index (χ3n) is 3.22. The molecule has 5 heteroatoms. The molecule has 0 aliphatic heterocycles. The molecule has 0 radical (unpaired) electrons. The number of hydrogen-bond donors (Lipinski definition) is 0. The minimum atomic E-state index is -0.436. The zero-order valence-corrected chi connectivity index (χ0v) is 14.6. The Morgan fingerprint density at radius 2 is 1.43 bits per heavy atom. The molecule has 0 amide bonds. The van der Waals surface area contributed by atoms with Gasteiger partial charge in [-0.3, -0.25) is 9.59 Å². The number of benzene rings is 1. The van der Waals surface area contributed by atoms with Crippen molar-refractivity contribution < 1.29 is 23.9 Å². The van der Waals surface area contributed by atoms with E-state index in [9.17, 15) is 14.4 Å². The maximum absolute atomic E-state index is 11.4. The number of hydrogen-bond acceptors (Lipinski definition) is 5. The summed E-state index contributed by atoms with van der Waals surface area (Å²) in [6.07, 6.45) is 0.735. The van der Waals surface area contributed by atoms with Gasteiger partial charge in [-0.25, -0.2) is 0 Å². The van der Waals surface area contributed by atoms with E-state index < -0.39 is 11.9 Å². The molecule has 1 aromatic carbocycles. The molecule has 0 spiro atoms. The summed E-state index contributed by atoms with van der Waals surface area (Å²) in [5, 5.41) is 0. The van der Waals surface area contributed by atoms with Crippen LogP contribution < -0.4 is 9.47 Å². The summed E-state index contributed by atoms with van der Waals surface area (Å²) in [6.45, 7) is 10.1. The van der Waals surface area contributed by atoms with Crippen LogP contribution in [0.5, 0.6) is 11.5 Å². The molecule has 0 N–H and O–H groups in total. The fraction of sp³-hybridized carbons (Fsp3) is 0.500. The second kappa shape index (κ2) is 7.40. The maximum Gasteiger partial charge on any atom is 0.308 e. The summed E-state index contributed by atoms with van der Waals surface area (Å²) in [5.41, 5.74) is 1.12. The maximum atomic E-state index is 11.4. The Kier molecular flexibility index (Phi) is 6.07. The van der Waals surface area contributed by atoms with Crippen molar-refractivity contribution in [3.05, 3.63) is 23.3 Å². The van der Waals surface area contributed by atoms with Crippen LogP contribution in [0.25, 0.3) is 0 Å². The molecule has 0 aromatic heterocycles. The first-order valence-electron chi connectivity index (χ1n) is 7.54. The van der Waals surface area contributed by atoms with Crippen molar-refractivity contribution in [3.8, 4) is 11.5 Å². The lowest BCUT2D eigenvalue weighted by atomic mass is 9.85. The van der Waals surface area contributed by atoms with Gasteiger partial charge in [-0.1, -0.05) is 20.8 Å². The lowest BCUT2D eigenvalue weighted by Crippen LogP contribution is -2.17. The highest BCUT2D eigenvalue weighted by atomic mass is 16.5. The molecule has 0 saturated heterocycles. The van der Waals surface area contributed by atoms with E-state index in [4.69, 9.17) is 9.47 Å². The number of ether oxygens (including phenoxy) is 2. The largest absolute Gasteiger partial charge is 0.426 e. The van der Waals surface area contributed by atoms with Crippen molar-refractivity contribution in [3.63, 3.8) is 0 Å². The second-order valence-electron chi connectivity index (χ2n) is 6.60. The highest BCUT2D eigenvalue weighted by Crippen LogP contribution is 2.37. The summed E-state index contributed by atoms with van der Waals surface area (Å²) >= 11 is 0. The first-order chi connectivity index (χ1) is 10.5. The molecule has 0 fully saturated rings. The molecular formula is C18H24O5. The number of rotatable bonds is 5. The van der Waals surface area contributed by atoms with Crippen molar-refractivity contribution in [1.29, 1.82) is 0 Å². The highest BCUT2D eigenvalue weighted by molar-refractivity contribution is 5.76. The molecule has 0 heterocycles. The summed E-state index contributed by atoms with van der Waals surface area (Å²) in [6, 6.07) is 3.40. The van der Waals surface area contributed by atoms with Gasteiger partial charge in [0.15, 0.2) is 0 Å². The quantitative estimate of drug-likeness (QED) is 0.614. The Labute approximate surface area is 137 Å². The molecule has 0 bridgehead atoms. The number of carbonyl (C=O) groups is 3. The molecular weight excluding hydrogens is 296 g/mol. The summed E-state index contributed by atoms with van der Waals surface area (Å²) in [7, 11) is 0. The lowest BCUT2D eigenvalue weighted by molar-refractivity contribution is -0.133. The van der Waals surface area contributed by atoms with Crippen LogP contribution in [-0.2, 0) is 26.2 Å². The summed E-state index contributed by atoms with van der Waals surface area (Å²) in [5.74, 6) is 0.00849. The first kappa shape index (κ1) is 18.9. The zero-order chi connectivity index (χ0) is 17.8. The van der Waals surface area contributed by atoms with Crippen LogP contribution in [-0.4, -0.2) is 17.7 Å². The predicted octanol–water partition coefficient (Wildman–Crippen LogP) is 3.36. The van der Waals surface area contributed by atoms with E-state index in [1.807, 2.05) is 20.8 Å². The fourth-order valence-corrected chi connectivity index (χ4v) is 2.18. The number of ketones is 1. The SMILES string of the molecule is CC(=O)CCc1cc(OC(C)=O)c(C(C)(C)C)cc1OC(C)=O. The van der Waals surface area contributed by atoms with E-state index >= 15 is 0 Å². The monoisotopic (exact) mass is 320 g/mol. The highest BCUT2D eigenvalue weighted by Gasteiger charge is 2.23. The lowest BCUT2D eigenvalue weighted by Gasteiger charge is -2.24. The minimum absolute atomic E-state index is 0.0349. The number of Topliss-reactive ketones (excluding diaryl/α,β-unsaturated/α-hetero) is 1. The van der Waals surface area contributed by atoms with Gasteiger partial charge in [-0.2, -0.15) is 0 Å². The molecule has 1 rings (SSSR count). The molecule has 1 aromatic rings. The molecule has 23 heavy (non-hydrogen) atoms. The number of esters is 2. The van der Waals surface area contributed by atoms with Gasteiger partial charge in [0.25, 0.3) is 0 Å².